The molecule has 1 aliphatic rings. The number of nitrogens with one attached hydrogen (secondary N) is 1. The van der Waals surface area contributed by atoms with E-state index in [0.717, 1.165) is 18.8 Å². The van der Waals surface area contributed by atoms with Crippen LogP contribution in [0, 0.1) is 0 Å². The maximum atomic E-state index is 12.5. The Balaban J connectivity index is 1.97. The second-order valence-corrected chi connectivity index (χ2v) is 7.14. The Labute approximate surface area is 144 Å². The van der Waals surface area contributed by atoms with Crippen LogP contribution in [-0.2, 0) is 0 Å². The molecule has 0 aromatic carbocycles. The molecule has 0 bridgehead atoms. The highest BCUT2D eigenvalue weighted by Crippen LogP contribution is 2.24. The first-order valence-electron chi connectivity index (χ1n) is 8.93. The van der Waals surface area contributed by atoms with Crippen molar-refractivity contribution < 1.29 is 14.3 Å². The Hall–Kier alpha value is -1.53. The van der Waals surface area contributed by atoms with Crippen molar-refractivity contribution in [1.82, 2.24) is 15.1 Å². The molecule has 2 amide bonds. The molecular formula is C18H31N3O3. The van der Waals surface area contributed by atoms with Gasteiger partial charge in [0.05, 0.1) is 24.5 Å². The molecular weight excluding hydrogens is 306 g/mol. The summed E-state index contributed by atoms with van der Waals surface area (Å²) in [7, 11) is 0. The van der Waals surface area contributed by atoms with Crippen molar-refractivity contribution in [2.24, 2.45) is 0 Å². The van der Waals surface area contributed by atoms with Crippen LogP contribution < -0.4 is 5.32 Å². The zero-order chi connectivity index (χ0) is 17.6. The van der Waals surface area contributed by atoms with Crippen LogP contribution in [0.5, 0.6) is 0 Å². The molecule has 6 nitrogen and oxygen atoms in total. The van der Waals surface area contributed by atoms with Gasteiger partial charge in [0.2, 0.25) is 0 Å². The number of piperidine rings is 1. The number of amides is 2. The van der Waals surface area contributed by atoms with E-state index < -0.39 is 5.60 Å². The van der Waals surface area contributed by atoms with Crippen LogP contribution in [0.4, 0.5) is 4.79 Å². The fourth-order valence-electron chi connectivity index (χ4n) is 3.21. The zero-order valence-electron chi connectivity index (χ0n) is 15.1. The molecule has 6 heteroatoms. The first-order chi connectivity index (χ1) is 11.4. The van der Waals surface area contributed by atoms with E-state index in [1.165, 1.54) is 19.3 Å². The number of aliphatic hydroxyl groups is 1. The van der Waals surface area contributed by atoms with Crippen LogP contribution in [0.25, 0.3) is 0 Å². The number of hydrogen-bond acceptors (Lipinski definition) is 4. The lowest BCUT2D eigenvalue weighted by molar-refractivity contribution is 0.0474. The Morgan fingerprint density at radius 3 is 2.67 bits per heavy atom. The molecule has 0 spiro atoms. The summed E-state index contributed by atoms with van der Waals surface area (Å²) in [5.74, 6) is 0.891. The number of furan rings is 1. The van der Waals surface area contributed by atoms with Crippen LogP contribution in [0.3, 0.4) is 0 Å². The molecule has 1 fully saturated rings. The van der Waals surface area contributed by atoms with Crippen molar-refractivity contribution in [3.8, 4) is 0 Å². The van der Waals surface area contributed by atoms with E-state index in [1.807, 2.05) is 19.1 Å². The van der Waals surface area contributed by atoms with Crippen LogP contribution in [-0.4, -0.2) is 59.3 Å². The van der Waals surface area contributed by atoms with E-state index >= 15 is 0 Å². The van der Waals surface area contributed by atoms with Gasteiger partial charge in [0, 0.05) is 13.1 Å². The minimum absolute atomic E-state index is 0.0603. The Morgan fingerprint density at radius 2 is 2.12 bits per heavy atom. The summed E-state index contributed by atoms with van der Waals surface area (Å²) >= 11 is 0. The number of likely N-dealkylation sites (tertiary alicyclic amines) is 1. The van der Waals surface area contributed by atoms with Gasteiger partial charge < -0.3 is 19.7 Å². The SMILES string of the molecule is CCN(CC(C)(C)O)C(=O)NCC(c1ccco1)N1CCCCC1. The lowest BCUT2D eigenvalue weighted by Crippen LogP contribution is -2.49. The molecule has 1 aromatic heterocycles. The Kier molecular flexibility index (Phi) is 6.69. The van der Waals surface area contributed by atoms with Gasteiger partial charge in [-0.05, 0) is 58.8 Å². The molecule has 2 N–H and O–H groups in total. The van der Waals surface area contributed by atoms with Crippen LogP contribution in [0.15, 0.2) is 22.8 Å². The molecule has 0 saturated carbocycles. The fourth-order valence-corrected chi connectivity index (χ4v) is 3.21. The van der Waals surface area contributed by atoms with Gasteiger partial charge in [0.25, 0.3) is 0 Å². The summed E-state index contributed by atoms with van der Waals surface area (Å²) < 4.78 is 5.60. The molecule has 1 aromatic rings. The van der Waals surface area contributed by atoms with Crippen molar-refractivity contribution in [3.05, 3.63) is 24.2 Å². The van der Waals surface area contributed by atoms with E-state index in [0.29, 0.717) is 19.6 Å². The molecule has 0 radical (unpaired) electrons. The highest BCUT2D eigenvalue weighted by molar-refractivity contribution is 5.74. The topological polar surface area (TPSA) is 69.0 Å². The molecule has 24 heavy (non-hydrogen) atoms. The van der Waals surface area contributed by atoms with Gasteiger partial charge in [0.15, 0.2) is 0 Å². The standard InChI is InChI=1S/C18H31N3O3/c1-4-20(14-18(2,3)23)17(22)19-13-15(16-9-8-12-24-16)21-10-6-5-7-11-21/h8-9,12,15,23H,4-7,10-11,13-14H2,1-3H3,(H,19,22). The van der Waals surface area contributed by atoms with Gasteiger partial charge in [-0.1, -0.05) is 6.42 Å². The summed E-state index contributed by atoms with van der Waals surface area (Å²) in [6.45, 7) is 8.78. The summed E-state index contributed by atoms with van der Waals surface area (Å²) in [6.07, 6.45) is 5.32. The van der Waals surface area contributed by atoms with E-state index in [-0.39, 0.29) is 12.1 Å². The number of hydrogen-bond donors (Lipinski definition) is 2. The highest BCUT2D eigenvalue weighted by Gasteiger charge is 2.26. The van der Waals surface area contributed by atoms with Gasteiger partial charge >= 0.3 is 6.03 Å². The molecule has 2 heterocycles. The number of carbonyl (C=O) groups excluding carboxylic acids is 1. The third-order valence-corrected chi connectivity index (χ3v) is 4.40. The quantitative estimate of drug-likeness (QED) is 0.802. The van der Waals surface area contributed by atoms with Gasteiger partial charge in [-0.2, -0.15) is 0 Å². The van der Waals surface area contributed by atoms with Gasteiger partial charge in [-0.25, -0.2) is 4.79 Å². The third kappa shape index (κ3) is 5.53. The lowest BCUT2D eigenvalue weighted by atomic mass is 10.1. The predicted octanol–water partition coefficient (Wildman–Crippen LogP) is 2.61. The highest BCUT2D eigenvalue weighted by atomic mass is 16.3. The van der Waals surface area contributed by atoms with Crippen molar-refractivity contribution >= 4 is 6.03 Å². The normalized spacial score (nSPS) is 17.5. The number of rotatable bonds is 7. The van der Waals surface area contributed by atoms with Crippen molar-refractivity contribution in [1.29, 1.82) is 0 Å². The molecule has 1 atom stereocenters. The van der Waals surface area contributed by atoms with E-state index in [9.17, 15) is 9.90 Å². The lowest BCUT2D eigenvalue weighted by Gasteiger charge is -2.34. The first kappa shape index (κ1) is 18.8. The maximum Gasteiger partial charge on any atom is 0.317 e. The average Bonchev–Trinajstić information content (AvgIpc) is 3.07. The summed E-state index contributed by atoms with van der Waals surface area (Å²) in [4.78, 5) is 16.5. The van der Waals surface area contributed by atoms with E-state index in [2.05, 4.69) is 10.2 Å². The molecule has 0 aliphatic carbocycles. The first-order valence-corrected chi connectivity index (χ1v) is 8.93. The maximum absolute atomic E-state index is 12.5. The summed E-state index contributed by atoms with van der Waals surface area (Å²) in [5, 5.41) is 13.0. The van der Waals surface area contributed by atoms with Crippen LogP contribution in [0.2, 0.25) is 0 Å². The predicted molar refractivity (Wildman–Crippen MR) is 93.8 cm³/mol. The second kappa shape index (κ2) is 8.53. The van der Waals surface area contributed by atoms with Crippen molar-refractivity contribution in [2.45, 2.75) is 51.7 Å². The molecule has 1 saturated heterocycles. The molecule has 2 rings (SSSR count). The molecule has 1 unspecified atom stereocenters. The monoisotopic (exact) mass is 337 g/mol. The zero-order valence-corrected chi connectivity index (χ0v) is 15.1. The summed E-state index contributed by atoms with van der Waals surface area (Å²) in [6, 6.07) is 3.78. The number of nitrogens with zero attached hydrogens (tertiary/aromatic N) is 2. The molecule has 1 aliphatic heterocycles. The number of carbonyl (C=O) groups is 1. The smallest absolute Gasteiger partial charge is 0.317 e. The van der Waals surface area contributed by atoms with Gasteiger partial charge in [-0.15, -0.1) is 0 Å². The van der Waals surface area contributed by atoms with E-state index in [4.69, 9.17) is 4.42 Å². The largest absolute Gasteiger partial charge is 0.468 e. The third-order valence-electron chi connectivity index (χ3n) is 4.40. The van der Waals surface area contributed by atoms with Crippen molar-refractivity contribution in [3.63, 3.8) is 0 Å². The average molecular weight is 337 g/mol. The number of urea groups is 1. The number of likely N-dealkylation sites (N-methyl/N-ethyl adjacent to an activating group) is 1. The fraction of sp³-hybridized carbons (Fsp3) is 0.722. The Morgan fingerprint density at radius 1 is 1.42 bits per heavy atom. The van der Waals surface area contributed by atoms with Gasteiger partial charge in [0.1, 0.15) is 5.76 Å². The minimum Gasteiger partial charge on any atom is -0.468 e. The molecule has 136 valence electrons. The van der Waals surface area contributed by atoms with Crippen LogP contribution >= 0.6 is 0 Å². The van der Waals surface area contributed by atoms with Crippen molar-refractivity contribution in [2.75, 3.05) is 32.7 Å². The van der Waals surface area contributed by atoms with Gasteiger partial charge in [-0.3, -0.25) is 4.90 Å². The Bertz CT molecular complexity index is 490. The summed E-state index contributed by atoms with van der Waals surface area (Å²) in [5.41, 5.74) is -0.902. The minimum atomic E-state index is -0.902. The van der Waals surface area contributed by atoms with E-state index in [1.54, 1.807) is 25.0 Å². The van der Waals surface area contributed by atoms with Crippen LogP contribution in [0.1, 0.15) is 51.8 Å². The second-order valence-electron chi connectivity index (χ2n) is 7.14.